The molecule has 18 heavy (non-hydrogen) atoms. The average molecular weight is 241 g/mol. The summed E-state index contributed by atoms with van der Waals surface area (Å²) >= 11 is 0. The standard InChI is InChI=1S/C14H15N3O/c1-17-8-12-6-10(2-4-13(12)18-9-17)11-3-5-14(15)16-7-11/h2-7H,8-9H2,1H3,(H2,15,16). The van der Waals surface area contributed by atoms with Crippen molar-refractivity contribution in [3.05, 3.63) is 42.1 Å². The summed E-state index contributed by atoms with van der Waals surface area (Å²) in [5, 5.41) is 0. The lowest BCUT2D eigenvalue weighted by atomic mass is 10.0. The highest BCUT2D eigenvalue weighted by Gasteiger charge is 2.14. The second kappa shape index (κ2) is 4.31. The monoisotopic (exact) mass is 241 g/mol. The fourth-order valence-corrected chi connectivity index (χ4v) is 2.12. The van der Waals surface area contributed by atoms with E-state index in [-0.39, 0.29) is 0 Å². The molecule has 0 bridgehead atoms. The molecule has 0 fully saturated rings. The van der Waals surface area contributed by atoms with Crippen LogP contribution in [0.15, 0.2) is 36.5 Å². The maximum Gasteiger partial charge on any atom is 0.142 e. The van der Waals surface area contributed by atoms with E-state index in [1.54, 1.807) is 6.20 Å². The molecule has 4 heteroatoms. The van der Waals surface area contributed by atoms with Crippen molar-refractivity contribution in [1.29, 1.82) is 0 Å². The van der Waals surface area contributed by atoms with Gasteiger partial charge in [-0.25, -0.2) is 4.98 Å². The van der Waals surface area contributed by atoms with E-state index in [4.69, 9.17) is 10.5 Å². The van der Waals surface area contributed by atoms with Crippen LogP contribution >= 0.6 is 0 Å². The number of ether oxygens (including phenoxy) is 1. The Hall–Kier alpha value is -2.07. The Balaban J connectivity index is 1.99. The number of fused-ring (bicyclic) bond motifs is 1. The van der Waals surface area contributed by atoms with Crippen molar-refractivity contribution in [2.45, 2.75) is 6.54 Å². The molecular formula is C14H15N3O. The van der Waals surface area contributed by atoms with Gasteiger partial charge in [0, 0.05) is 23.9 Å². The van der Waals surface area contributed by atoms with Gasteiger partial charge in [-0.2, -0.15) is 0 Å². The lowest BCUT2D eigenvalue weighted by Crippen LogP contribution is -2.27. The van der Waals surface area contributed by atoms with Gasteiger partial charge in [0.2, 0.25) is 0 Å². The van der Waals surface area contributed by atoms with E-state index in [0.717, 1.165) is 23.4 Å². The van der Waals surface area contributed by atoms with Crippen molar-refractivity contribution in [1.82, 2.24) is 9.88 Å². The van der Waals surface area contributed by atoms with Gasteiger partial charge in [-0.05, 0) is 36.9 Å². The van der Waals surface area contributed by atoms with E-state index < -0.39 is 0 Å². The summed E-state index contributed by atoms with van der Waals surface area (Å²) < 4.78 is 5.64. The van der Waals surface area contributed by atoms with Crippen molar-refractivity contribution in [2.75, 3.05) is 19.5 Å². The van der Waals surface area contributed by atoms with Crippen molar-refractivity contribution in [3.8, 4) is 16.9 Å². The topological polar surface area (TPSA) is 51.4 Å². The van der Waals surface area contributed by atoms with Crippen LogP contribution in [-0.2, 0) is 6.54 Å². The second-order valence-corrected chi connectivity index (χ2v) is 4.58. The summed E-state index contributed by atoms with van der Waals surface area (Å²) in [5.41, 5.74) is 9.01. The van der Waals surface area contributed by atoms with E-state index in [0.29, 0.717) is 12.5 Å². The molecular weight excluding hydrogens is 226 g/mol. The summed E-state index contributed by atoms with van der Waals surface area (Å²) in [7, 11) is 2.04. The van der Waals surface area contributed by atoms with Gasteiger partial charge in [-0.15, -0.1) is 0 Å². The molecule has 0 saturated heterocycles. The predicted molar refractivity (Wildman–Crippen MR) is 71.0 cm³/mol. The number of nitrogen functional groups attached to an aromatic ring is 1. The quantitative estimate of drug-likeness (QED) is 0.830. The Kier molecular flexibility index (Phi) is 2.64. The lowest BCUT2D eigenvalue weighted by Gasteiger charge is -2.25. The average Bonchev–Trinajstić information content (AvgIpc) is 2.38. The Bertz CT molecular complexity index is 566. The number of aromatic nitrogens is 1. The minimum Gasteiger partial charge on any atom is -0.478 e. The van der Waals surface area contributed by atoms with Crippen LogP contribution in [0.1, 0.15) is 5.56 Å². The molecule has 0 aliphatic carbocycles. The molecule has 1 aliphatic rings. The number of pyridine rings is 1. The smallest absolute Gasteiger partial charge is 0.142 e. The molecule has 0 saturated carbocycles. The molecule has 2 heterocycles. The molecule has 1 aliphatic heterocycles. The zero-order valence-electron chi connectivity index (χ0n) is 10.3. The van der Waals surface area contributed by atoms with Crippen molar-refractivity contribution in [3.63, 3.8) is 0 Å². The van der Waals surface area contributed by atoms with Gasteiger partial charge >= 0.3 is 0 Å². The Morgan fingerprint density at radius 2 is 2.06 bits per heavy atom. The molecule has 2 N–H and O–H groups in total. The van der Waals surface area contributed by atoms with E-state index in [1.165, 1.54) is 5.56 Å². The molecule has 0 atom stereocenters. The molecule has 2 aromatic rings. The third-order valence-electron chi connectivity index (χ3n) is 3.06. The third kappa shape index (κ3) is 2.02. The fourth-order valence-electron chi connectivity index (χ4n) is 2.12. The summed E-state index contributed by atoms with van der Waals surface area (Å²) in [5.74, 6) is 1.51. The molecule has 0 spiro atoms. The molecule has 0 radical (unpaired) electrons. The van der Waals surface area contributed by atoms with Gasteiger partial charge in [0.05, 0.1) is 0 Å². The van der Waals surface area contributed by atoms with Crippen molar-refractivity contribution in [2.24, 2.45) is 0 Å². The van der Waals surface area contributed by atoms with E-state index in [1.807, 2.05) is 25.2 Å². The first-order chi connectivity index (χ1) is 8.72. The van der Waals surface area contributed by atoms with Gasteiger partial charge in [0.25, 0.3) is 0 Å². The predicted octanol–water partition coefficient (Wildman–Crippen LogP) is 2.11. The Morgan fingerprint density at radius 1 is 1.22 bits per heavy atom. The molecule has 4 nitrogen and oxygen atoms in total. The maximum atomic E-state index is 5.64. The van der Waals surface area contributed by atoms with Crippen LogP contribution in [0.4, 0.5) is 5.82 Å². The van der Waals surface area contributed by atoms with Gasteiger partial charge in [-0.1, -0.05) is 6.07 Å². The normalized spacial score (nSPS) is 14.9. The van der Waals surface area contributed by atoms with E-state index in [9.17, 15) is 0 Å². The molecule has 1 aromatic carbocycles. The van der Waals surface area contributed by atoms with E-state index in [2.05, 4.69) is 22.0 Å². The number of nitrogens with two attached hydrogens (primary N) is 1. The second-order valence-electron chi connectivity index (χ2n) is 4.58. The zero-order valence-corrected chi connectivity index (χ0v) is 10.3. The number of benzene rings is 1. The first-order valence-corrected chi connectivity index (χ1v) is 5.88. The van der Waals surface area contributed by atoms with Crippen molar-refractivity contribution >= 4 is 5.82 Å². The highest BCUT2D eigenvalue weighted by atomic mass is 16.5. The van der Waals surface area contributed by atoms with Crippen molar-refractivity contribution < 1.29 is 4.74 Å². The number of hydrogen-bond donors (Lipinski definition) is 1. The molecule has 92 valence electrons. The number of hydrogen-bond acceptors (Lipinski definition) is 4. The number of rotatable bonds is 1. The number of anilines is 1. The summed E-state index contributed by atoms with van der Waals surface area (Å²) in [4.78, 5) is 6.25. The lowest BCUT2D eigenvalue weighted by molar-refractivity contribution is 0.121. The molecule has 0 unspecified atom stereocenters. The van der Waals surface area contributed by atoms with Gasteiger partial charge < -0.3 is 10.5 Å². The summed E-state index contributed by atoms with van der Waals surface area (Å²) in [6.45, 7) is 1.56. The first kappa shape index (κ1) is 11.0. The van der Waals surface area contributed by atoms with Crippen LogP contribution in [0.2, 0.25) is 0 Å². The van der Waals surface area contributed by atoms with Crippen LogP contribution in [0.25, 0.3) is 11.1 Å². The zero-order chi connectivity index (χ0) is 12.5. The van der Waals surface area contributed by atoms with Crippen LogP contribution in [-0.4, -0.2) is 23.7 Å². The largest absolute Gasteiger partial charge is 0.478 e. The van der Waals surface area contributed by atoms with Crippen LogP contribution in [0.5, 0.6) is 5.75 Å². The molecule has 3 rings (SSSR count). The highest BCUT2D eigenvalue weighted by Crippen LogP contribution is 2.29. The molecule has 0 amide bonds. The minimum atomic E-state index is 0.541. The van der Waals surface area contributed by atoms with Crippen LogP contribution < -0.4 is 10.5 Å². The van der Waals surface area contributed by atoms with E-state index >= 15 is 0 Å². The summed E-state index contributed by atoms with van der Waals surface area (Å²) in [6, 6.07) is 10.0. The van der Waals surface area contributed by atoms with Gasteiger partial charge in [-0.3, -0.25) is 4.90 Å². The van der Waals surface area contributed by atoms with Crippen LogP contribution in [0, 0.1) is 0 Å². The highest BCUT2D eigenvalue weighted by molar-refractivity contribution is 5.65. The van der Waals surface area contributed by atoms with Gasteiger partial charge in [0.1, 0.15) is 18.3 Å². The first-order valence-electron chi connectivity index (χ1n) is 5.88. The maximum absolute atomic E-state index is 5.64. The third-order valence-corrected chi connectivity index (χ3v) is 3.06. The van der Waals surface area contributed by atoms with Gasteiger partial charge in [0.15, 0.2) is 0 Å². The minimum absolute atomic E-state index is 0.541. The summed E-state index contributed by atoms with van der Waals surface area (Å²) in [6.07, 6.45) is 1.80. The number of nitrogens with zero attached hydrogens (tertiary/aromatic N) is 2. The fraction of sp³-hybridized carbons (Fsp3) is 0.214. The molecule has 1 aromatic heterocycles. The SMILES string of the molecule is CN1COc2ccc(-c3ccc(N)nc3)cc2C1. The Labute approximate surface area is 106 Å². The Morgan fingerprint density at radius 3 is 2.83 bits per heavy atom. The van der Waals surface area contributed by atoms with Crippen LogP contribution in [0.3, 0.4) is 0 Å².